The van der Waals surface area contributed by atoms with Crippen molar-refractivity contribution >= 4 is 11.9 Å². The molecule has 0 spiro atoms. The van der Waals surface area contributed by atoms with E-state index in [1.807, 2.05) is 13.8 Å². The van der Waals surface area contributed by atoms with Gasteiger partial charge in [-0.2, -0.15) is 0 Å². The van der Waals surface area contributed by atoms with E-state index in [9.17, 15) is 14.7 Å². The molecule has 0 saturated carbocycles. The van der Waals surface area contributed by atoms with Crippen molar-refractivity contribution in [3.8, 4) is 0 Å². The molecule has 0 rings (SSSR count). The Morgan fingerprint density at radius 3 is 1.85 bits per heavy atom. The SMILES string of the molecule is CCCCCCCC/C=C/CCCCCC(CC(=O)N(CC)CC)C(=O)O. The van der Waals surface area contributed by atoms with Gasteiger partial charge in [-0.15, -0.1) is 0 Å². The van der Waals surface area contributed by atoms with Gasteiger partial charge in [-0.3, -0.25) is 9.59 Å². The number of hydrogen-bond acceptors (Lipinski definition) is 2. The van der Waals surface area contributed by atoms with Gasteiger partial charge in [0.05, 0.1) is 5.92 Å². The lowest BCUT2D eigenvalue weighted by atomic mass is 9.96. The highest BCUT2D eigenvalue weighted by Crippen LogP contribution is 2.17. The van der Waals surface area contributed by atoms with Gasteiger partial charge in [0, 0.05) is 19.5 Å². The van der Waals surface area contributed by atoms with E-state index in [0.717, 1.165) is 25.7 Å². The Labute approximate surface area is 167 Å². The number of allylic oxidation sites excluding steroid dienone is 2. The van der Waals surface area contributed by atoms with Crippen molar-refractivity contribution in [1.82, 2.24) is 4.90 Å². The molecule has 4 heteroatoms. The first-order valence-electron chi connectivity index (χ1n) is 11.2. The predicted octanol–water partition coefficient (Wildman–Crippen LogP) is 6.20. The van der Waals surface area contributed by atoms with E-state index in [1.54, 1.807) is 4.90 Å². The quantitative estimate of drug-likeness (QED) is 0.227. The van der Waals surface area contributed by atoms with E-state index in [0.29, 0.717) is 19.5 Å². The number of amides is 1. The van der Waals surface area contributed by atoms with Crippen LogP contribution in [0.2, 0.25) is 0 Å². The van der Waals surface area contributed by atoms with Crippen LogP contribution in [-0.4, -0.2) is 35.0 Å². The van der Waals surface area contributed by atoms with Crippen LogP contribution >= 0.6 is 0 Å². The molecular weight excluding hydrogens is 338 g/mol. The predicted molar refractivity (Wildman–Crippen MR) is 114 cm³/mol. The molecule has 0 aromatic carbocycles. The largest absolute Gasteiger partial charge is 0.481 e. The molecule has 0 bridgehead atoms. The highest BCUT2D eigenvalue weighted by molar-refractivity contribution is 5.82. The third kappa shape index (κ3) is 14.4. The summed E-state index contributed by atoms with van der Waals surface area (Å²) in [5.41, 5.74) is 0. The second kappa shape index (κ2) is 18.1. The Balaban J connectivity index is 3.76. The topological polar surface area (TPSA) is 57.6 Å². The van der Waals surface area contributed by atoms with E-state index in [-0.39, 0.29) is 12.3 Å². The van der Waals surface area contributed by atoms with Gasteiger partial charge in [-0.05, 0) is 46.0 Å². The lowest BCUT2D eigenvalue weighted by Crippen LogP contribution is -2.33. The van der Waals surface area contributed by atoms with Gasteiger partial charge in [-0.25, -0.2) is 0 Å². The monoisotopic (exact) mass is 381 g/mol. The molecule has 1 amide bonds. The Morgan fingerprint density at radius 1 is 0.815 bits per heavy atom. The summed E-state index contributed by atoms with van der Waals surface area (Å²) in [7, 11) is 0. The van der Waals surface area contributed by atoms with Gasteiger partial charge in [0.1, 0.15) is 0 Å². The first-order valence-corrected chi connectivity index (χ1v) is 11.2. The molecule has 0 aromatic rings. The molecule has 1 N–H and O–H groups in total. The van der Waals surface area contributed by atoms with Crippen LogP contribution < -0.4 is 0 Å². The van der Waals surface area contributed by atoms with E-state index in [2.05, 4.69) is 19.1 Å². The van der Waals surface area contributed by atoms with Crippen LogP contribution in [0.4, 0.5) is 0 Å². The number of unbranched alkanes of at least 4 members (excludes halogenated alkanes) is 9. The first-order chi connectivity index (χ1) is 13.1. The summed E-state index contributed by atoms with van der Waals surface area (Å²) >= 11 is 0. The maximum absolute atomic E-state index is 12.1. The molecular formula is C23H43NO3. The molecule has 0 aromatic heterocycles. The summed E-state index contributed by atoms with van der Waals surface area (Å²) in [4.78, 5) is 25.2. The number of carboxylic acid groups (broad SMARTS) is 1. The second-order valence-electron chi connectivity index (χ2n) is 7.47. The molecule has 0 aliphatic carbocycles. The van der Waals surface area contributed by atoms with Crippen LogP contribution in [0.1, 0.15) is 104 Å². The van der Waals surface area contributed by atoms with Crippen LogP contribution in [0.5, 0.6) is 0 Å². The Hall–Kier alpha value is -1.32. The smallest absolute Gasteiger partial charge is 0.307 e. The minimum atomic E-state index is -0.839. The molecule has 1 unspecified atom stereocenters. The van der Waals surface area contributed by atoms with Crippen molar-refractivity contribution in [1.29, 1.82) is 0 Å². The standard InChI is InChI=1S/C23H43NO3/c1-4-7-8-9-10-11-12-13-14-15-16-17-18-19-21(23(26)27)20-22(25)24(5-2)6-3/h13-14,21H,4-12,15-20H2,1-3H3,(H,26,27)/b14-13+. The fraction of sp³-hybridized carbons (Fsp3) is 0.826. The zero-order valence-corrected chi connectivity index (χ0v) is 18.0. The van der Waals surface area contributed by atoms with E-state index < -0.39 is 11.9 Å². The highest BCUT2D eigenvalue weighted by atomic mass is 16.4. The van der Waals surface area contributed by atoms with Crippen molar-refractivity contribution in [3.05, 3.63) is 12.2 Å². The average molecular weight is 382 g/mol. The number of rotatable bonds is 18. The maximum Gasteiger partial charge on any atom is 0.307 e. The molecule has 27 heavy (non-hydrogen) atoms. The molecule has 0 heterocycles. The summed E-state index contributed by atoms with van der Waals surface area (Å²) in [5, 5.41) is 9.36. The normalized spacial score (nSPS) is 12.4. The van der Waals surface area contributed by atoms with Crippen molar-refractivity contribution in [2.24, 2.45) is 5.92 Å². The number of aliphatic carboxylic acids is 1. The number of hydrogen-bond donors (Lipinski definition) is 1. The zero-order chi connectivity index (χ0) is 20.3. The van der Waals surface area contributed by atoms with E-state index in [1.165, 1.54) is 44.9 Å². The van der Waals surface area contributed by atoms with Crippen LogP contribution in [0, 0.1) is 5.92 Å². The second-order valence-corrected chi connectivity index (χ2v) is 7.47. The van der Waals surface area contributed by atoms with Crippen LogP contribution in [0.3, 0.4) is 0 Å². The van der Waals surface area contributed by atoms with Gasteiger partial charge in [0.2, 0.25) is 5.91 Å². The van der Waals surface area contributed by atoms with Crippen LogP contribution in [0.25, 0.3) is 0 Å². The summed E-state index contributed by atoms with van der Waals surface area (Å²) < 4.78 is 0. The molecule has 0 radical (unpaired) electrons. The third-order valence-electron chi connectivity index (χ3n) is 5.20. The van der Waals surface area contributed by atoms with Crippen molar-refractivity contribution in [2.75, 3.05) is 13.1 Å². The first kappa shape index (κ1) is 25.7. The van der Waals surface area contributed by atoms with Gasteiger partial charge in [-0.1, -0.05) is 64.0 Å². The summed E-state index contributed by atoms with van der Waals surface area (Å²) in [6.07, 6.45) is 18.6. The fourth-order valence-electron chi connectivity index (χ4n) is 3.34. The number of carbonyl (C=O) groups excluding carboxylic acids is 1. The molecule has 0 aliphatic heterocycles. The Bertz CT molecular complexity index is 402. The van der Waals surface area contributed by atoms with Crippen molar-refractivity contribution in [2.45, 2.75) is 104 Å². The summed E-state index contributed by atoms with van der Waals surface area (Å²) in [5.74, 6) is -1.42. The van der Waals surface area contributed by atoms with Crippen molar-refractivity contribution in [3.63, 3.8) is 0 Å². The van der Waals surface area contributed by atoms with Crippen LogP contribution in [0.15, 0.2) is 12.2 Å². The van der Waals surface area contributed by atoms with E-state index >= 15 is 0 Å². The van der Waals surface area contributed by atoms with Crippen molar-refractivity contribution < 1.29 is 14.7 Å². The number of nitrogens with zero attached hydrogens (tertiary/aromatic N) is 1. The Kier molecular flexibility index (Phi) is 17.2. The average Bonchev–Trinajstić information content (AvgIpc) is 2.65. The third-order valence-corrected chi connectivity index (χ3v) is 5.20. The lowest BCUT2D eigenvalue weighted by Gasteiger charge is -2.21. The maximum atomic E-state index is 12.1. The Morgan fingerprint density at radius 2 is 1.33 bits per heavy atom. The van der Waals surface area contributed by atoms with Gasteiger partial charge < -0.3 is 10.0 Å². The number of carbonyl (C=O) groups is 2. The van der Waals surface area contributed by atoms with E-state index in [4.69, 9.17) is 0 Å². The molecule has 4 nitrogen and oxygen atoms in total. The van der Waals surface area contributed by atoms with Crippen LogP contribution in [-0.2, 0) is 9.59 Å². The minimum absolute atomic E-state index is 0.0370. The molecule has 0 aliphatic rings. The van der Waals surface area contributed by atoms with Gasteiger partial charge in [0.25, 0.3) is 0 Å². The molecule has 158 valence electrons. The zero-order valence-electron chi connectivity index (χ0n) is 18.0. The summed E-state index contributed by atoms with van der Waals surface area (Å²) in [6, 6.07) is 0. The molecule has 1 atom stereocenters. The summed E-state index contributed by atoms with van der Waals surface area (Å²) in [6.45, 7) is 7.39. The molecule has 0 fully saturated rings. The fourth-order valence-corrected chi connectivity index (χ4v) is 3.34. The highest BCUT2D eigenvalue weighted by Gasteiger charge is 2.22. The van der Waals surface area contributed by atoms with Gasteiger partial charge >= 0.3 is 5.97 Å². The minimum Gasteiger partial charge on any atom is -0.481 e. The lowest BCUT2D eigenvalue weighted by molar-refractivity contribution is -0.146. The number of carboxylic acids is 1. The molecule has 0 saturated heterocycles. The van der Waals surface area contributed by atoms with Gasteiger partial charge in [0.15, 0.2) is 0 Å².